The number of benzene rings is 3. The number of anilines is 5. The Morgan fingerprint density at radius 3 is 2.45 bits per heavy atom. The number of piperidine rings is 1. The van der Waals surface area contributed by atoms with E-state index in [4.69, 9.17) is 14.3 Å². The Morgan fingerprint density at radius 1 is 0.902 bits per heavy atom. The lowest BCUT2D eigenvalue weighted by molar-refractivity contribution is -0.111. The van der Waals surface area contributed by atoms with E-state index in [2.05, 4.69) is 55.0 Å². The van der Waals surface area contributed by atoms with Crippen molar-refractivity contribution in [2.45, 2.75) is 31.3 Å². The van der Waals surface area contributed by atoms with E-state index in [-0.39, 0.29) is 11.9 Å². The Bertz CT molecular complexity index is 1810. The molecule has 3 saturated heterocycles. The Kier molecular flexibility index (Phi) is 10.6. The zero-order valence-corrected chi connectivity index (χ0v) is 29.3. The minimum absolute atomic E-state index is 0.0676. The van der Waals surface area contributed by atoms with Gasteiger partial charge in [-0.2, -0.15) is 0 Å². The van der Waals surface area contributed by atoms with Gasteiger partial charge in [0.05, 0.1) is 36.8 Å². The molecule has 3 aromatic carbocycles. The molecule has 2 N–H and O–H groups in total. The smallest absolute Gasteiger partial charge is 0.247 e. The summed E-state index contributed by atoms with van der Waals surface area (Å²) < 4.78 is 12.0. The van der Waals surface area contributed by atoms with Crippen LogP contribution in [0.3, 0.4) is 0 Å². The van der Waals surface area contributed by atoms with E-state index in [1.165, 1.54) is 12.4 Å². The number of hydroxylamine groups is 1. The van der Waals surface area contributed by atoms with Crippen molar-refractivity contribution < 1.29 is 19.1 Å². The number of rotatable bonds is 11. The summed E-state index contributed by atoms with van der Waals surface area (Å²) in [6.07, 6.45) is 5.71. The maximum absolute atomic E-state index is 12.6. The number of hydrogen-bond acceptors (Lipinski definition) is 11. The molecular weight excluding hydrogens is 644 g/mol. The van der Waals surface area contributed by atoms with E-state index in [0.717, 1.165) is 81.3 Å². The molecule has 266 valence electrons. The molecule has 3 aliphatic rings. The summed E-state index contributed by atoms with van der Waals surface area (Å²) in [7, 11) is 3.84. The molecule has 4 heterocycles. The van der Waals surface area contributed by atoms with E-state index in [1.54, 1.807) is 7.11 Å². The predicted octanol–water partition coefficient (Wildman–Crippen LogP) is 6.24. The van der Waals surface area contributed by atoms with Gasteiger partial charge < -0.3 is 29.9 Å². The second kappa shape index (κ2) is 15.8. The molecule has 0 saturated carbocycles. The number of para-hydroxylation sites is 1. The molecule has 0 unspecified atom stereocenters. The SMILES string of the molecule is C=CC(=O)Nc1cc(Nc2cc(N3OCC[C@@H]3c3cccc(Oc4ccccc4)c3)ncn2)c(OC)cc1N1CCC(N2CCN(C)CC2)CC1. The van der Waals surface area contributed by atoms with Gasteiger partial charge in [-0.05, 0) is 61.9 Å². The first-order valence-electron chi connectivity index (χ1n) is 17.6. The minimum Gasteiger partial charge on any atom is -0.494 e. The van der Waals surface area contributed by atoms with Gasteiger partial charge in [-0.15, -0.1) is 0 Å². The van der Waals surface area contributed by atoms with Crippen LogP contribution in [0.1, 0.15) is 30.9 Å². The van der Waals surface area contributed by atoms with Crippen molar-refractivity contribution in [3.63, 3.8) is 0 Å². The average Bonchev–Trinajstić information content (AvgIpc) is 3.67. The Balaban J connectivity index is 1.09. The van der Waals surface area contributed by atoms with Gasteiger partial charge in [-0.1, -0.05) is 36.9 Å². The third-order valence-corrected chi connectivity index (χ3v) is 9.89. The highest BCUT2D eigenvalue weighted by Crippen LogP contribution is 2.41. The largest absolute Gasteiger partial charge is 0.494 e. The van der Waals surface area contributed by atoms with E-state index < -0.39 is 0 Å². The molecule has 1 amide bonds. The number of methoxy groups -OCH3 is 1. The number of nitrogens with one attached hydrogen (secondary N) is 2. The minimum atomic E-state index is -0.278. The molecular formula is C39H46N8O4. The lowest BCUT2D eigenvalue weighted by atomic mass is 10.0. The highest BCUT2D eigenvalue weighted by Gasteiger charge is 2.31. The monoisotopic (exact) mass is 690 g/mol. The van der Waals surface area contributed by atoms with Crippen molar-refractivity contribution in [3.8, 4) is 17.2 Å². The van der Waals surface area contributed by atoms with Gasteiger partial charge >= 0.3 is 0 Å². The zero-order valence-electron chi connectivity index (χ0n) is 29.3. The number of amides is 1. The fourth-order valence-corrected chi connectivity index (χ4v) is 7.12. The Labute approximate surface area is 299 Å². The molecule has 1 atom stereocenters. The van der Waals surface area contributed by atoms with Crippen molar-refractivity contribution in [2.75, 3.05) is 80.6 Å². The van der Waals surface area contributed by atoms with Gasteiger partial charge in [0.15, 0.2) is 5.82 Å². The summed E-state index contributed by atoms with van der Waals surface area (Å²) in [5.74, 6) is 3.05. The lowest BCUT2D eigenvalue weighted by Crippen LogP contribution is -2.52. The molecule has 0 aliphatic carbocycles. The van der Waals surface area contributed by atoms with Crippen LogP contribution in [0.25, 0.3) is 0 Å². The summed E-state index contributed by atoms with van der Waals surface area (Å²) in [5, 5.41) is 8.27. The first-order valence-corrected chi connectivity index (χ1v) is 17.6. The summed E-state index contributed by atoms with van der Waals surface area (Å²) in [6.45, 7) is 10.4. The van der Waals surface area contributed by atoms with Crippen LogP contribution in [-0.4, -0.2) is 91.7 Å². The van der Waals surface area contributed by atoms with Gasteiger partial charge in [0.1, 0.15) is 29.4 Å². The van der Waals surface area contributed by atoms with Crippen molar-refractivity contribution in [1.82, 2.24) is 19.8 Å². The molecule has 4 aromatic rings. The highest BCUT2D eigenvalue weighted by molar-refractivity contribution is 6.02. The van der Waals surface area contributed by atoms with Crippen LogP contribution >= 0.6 is 0 Å². The van der Waals surface area contributed by atoms with E-state index in [0.29, 0.717) is 41.4 Å². The number of carbonyl (C=O) groups is 1. The first-order chi connectivity index (χ1) is 25.0. The van der Waals surface area contributed by atoms with Crippen LogP contribution in [0.2, 0.25) is 0 Å². The number of piperazine rings is 1. The number of carbonyl (C=O) groups excluding carboxylic acids is 1. The molecule has 7 rings (SSSR count). The van der Waals surface area contributed by atoms with Crippen molar-refractivity contribution in [3.05, 3.63) is 97.3 Å². The molecule has 12 nitrogen and oxygen atoms in total. The van der Waals surface area contributed by atoms with E-state index in [1.807, 2.05) is 71.8 Å². The van der Waals surface area contributed by atoms with Crippen LogP contribution in [0.4, 0.5) is 28.7 Å². The molecule has 3 fully saturated rings. The summed E-state index contributed by atoms with van der Waals surface area (Å²) in [6, 6.07) is 24.0. The third kappa shape index (κ3) is 8.09. The summed E-state index contributed by atoms with van der Waals surface area (Å²) in [5.41, 5.74) is 3.30. The maximum Gasteiger partial charge on any atom is 0.247 e. The zero-order chi connectivity index (χ0) is 35.2. The van der Waals surface area contributed by atoms with Crippen LogP contribution < -0.4 is 30.1 Å². The molecule has 12 heteroatoms. The van der Waals surface area contributed by atoms with Crippen LogP contribution in [0, 0.1) is 0 Å². The molecule has 1 aromatic heterocycles. The third-order valence-electron chi connectivity index (χ3n) is 9.89. The predicted molar refractivity (Wildman–Crippen MR) is 200 cm³/mol. The van der Waals surface area contributed by atoms with Gasteiger partial charge in [0, 0.05) is 63.9 Å². The quantitative estimate of drug-likeness (QED) is 0.175. The van der Waals surface area contributed by atoms with Gasteiger partial charge in [0.25, 0.3) is 0 Å². The standard InChI is InChI=1S/C39H46N8O4/c1-4-39(48)43-32-24-33(36(49-3)25-35(32)46-16-13-29(14-17-46)45-20-18-44(2)19-21-45)42-37-26-38(41-27-40-37)47-34(15-22-50-47)28-9-8-12-31(23-28)51-30-10-6-5-7-11-30/h4-12,23-27,29,34H,1,13-22H2,2-3H3,(H,43,48)(H,40,41,42)/t34-/m1/s1. The molecule has 51 heavy (non-hydrogen) atoms. The number of aromatic nitrogens is 2. The van der Waals surface area contributed by atoms with Gasteiger partial charge in [0.2, 0.25) is 5.91 Å². The summed E-state index contributed by atoms with van der Waals surface area (Å²) in [4.78, 5) is 35.2. The fraction of sp³-hybridized carbons (Fsp3) is 0.359. The topological polar surface area (TPSA) is 108 Å². The lowest BCUT2D eigenvalue weighted by Gasteiger charge is -2.43. The molecule has 0 spiro atoms. The van der Waals surface area contributed by atoms with Crippen LogP contribution in [-0.2, 0) is 9.63 Å². The van der Waals surface area contributed by atoms with Gasteiger partial charge in [-0.25, -0.2) is 15.0 Å². The number of hydrogen-bond donors (Lipinski definition) is 2. The van der Waals surface area contributed by atoms with Crippen LogP contribution in [0.5, 0.6) is 17.2 Å². The van der Waals surface area contributed by atoms with E-state index >= 15 is 0 Å². The summed E-state index contributed by atoms with van der Waals surface area (Å²) >= 11 is 0. The normalized spacial score (nSPS) is 18.7. The highest BCUT2D eigenvalue weighted by atomic mass is 16.7. The number of likely N-dealkylation sites (N-methyl/N-ethyl adjacent to an activating group) is 1. The number of nitrogens with zero attached hydrogens (tertiary/aromatic N) is 6. The fourth-order valence-electron chi connectivity index (χ4n) is 7.12. The number of ether oxygens (including phenoxy) is 2. The molecule has 3 aliphatic heterocycles. The second-order valence-corrected chi connectivity index (χ2v) is 13.2. The molecule has 0 bridgehead atoms. The molecule has 0 radical (unpaired) electrons. The van der Waals surface area contributed by atoms with Crippen LogP contribution in [0.15, 0.2) is 91.8 Å². The Morgan fingerprint density at radius 2 is 1.69 bits per heavy atom. The first kappa shape index (κ1) is 34.3. The van der Waals surface area contributed by atoms with Gasteiger partial charge in [-0.3, -0.25) is 14.5 Å². The van der Waals surface area contributed by atoms with Crippen molar-refractivity contribution in [2.24, 2.45) is 0 Å². The second-order valence-electron chi connectivity index (χ2n) is 13.2. The Hall–Kier alpha value is -5.17. The van der Waals surface area contributed by atoms with Crippen molar-refractivity contribution >= 4 is 34.6 Å². The van der Waals surface area contributed by atoms with Crippen molar-refractivity contribution in [1.29, 1.82) is 0 Å². The maximum atomic E-state index is 12.6. The van der Waals surface area contributed by atoms with E-state index in [9.17, 15) is 4.79 Å². The average molecular weight is 691 g/mol.